The van der Waals surface area contributed by atoms with Crippen LogP contribution in [0.1, 0.15) is 32.3 Å². The summed E-state index contributed by atoms with van der Waals surface area (Å²) in [4.78, 5) is 36.1. The van der Waals surface area contributed by atoms with Gasteiger partial charge < -0.3 is 0 Å². The molecule has 0 spiro atoms. The molecule has 1 aromatic carbocycles. The van der Waals surface area contributed by atoms with E-state index in [0.29, 0.717) is 0 Å². The van der Waals surface area contributed by atoms with E-state index in [-0.39, 0.29) is 11.8 Å². The molecule has 0 aromatic heterocycles. The van der Waals surface area contributed by atoms with Crippen LogP contribution in [0.3, 0.4) is 0 Å². The first-order valence-electron chi connectivity index (χ1n) is 6.62. The number of amides is 4. The molecule has 0 bridgehead atoms. The largest absolute Gasteiger partial charge is 0.328 e. The number of benzene rings is 1. The summed E-state index contributed by atoms with van der Waals surface area (Å²) in [6.07, 6.45) is 0. The lowest BCUT2D eigenvalue weighted by atomic mass is 9.64. The van der Waals surface area contributed by atoms with Gasteiger partial charge in [0.1, 0.15) is 5.41 Å². The van der Waals surface area contributed by atoms with Crippen LogP contribution in [0.15, 0.2) is 30.3 Å². The number of rotatable bonds is 3. The molecular weight excluding hydrogens is 256 g/mol. The van der Waals surface area contributed by atoms with Gasteiger partial charge in [0.15, 0.2) is 0 Å². The summed E-state index contributed by atoms with van der Waals surface area (Å²) in [6.45, 7) is 5.47. The fourth-order valence-electron chi connectivity index (χ4n) is 2.97. The third-order valence-electron chi connectivity index (χ3n) is 4.10. The van der Waals surface area contributed by atoms with E-state index in [9.17, 15) is 14.4 Å². The molecule has 106 valence electrons. The molecule has 1 aliphatic rings. The van der Waals surface area contributed by atoms with Crippen molar-refractivity contribution in [1.29, 1.82) is 0 Å². The molecule has 1 aliphatic heterocycles. The van der Waals surface area contributed by atoms with Gasteiger partial charge in [0.05, 0.1) is 0 Å². The third kappa shape index (κ3) is 1.99. The van der Waals surface area contributed by atoms with Crippen molar-refractivity contribution in [2.45, 2.75) is 26.7 Å². The smallest absolute Gasteiger partial charge is 0.277 e. The molecule has 20 heavy (non-hydrogen) atoms. The zero-order chi connectivity index (χ0) is 14.9. The standard InChI is InChI=1S/C15H18N2O3/c1-9(2)15(10(3)11-7-5-4-6-8-11)12(18)16-14(20)17-13(15)19/h4-10H,1-3H3,(H2,16,17,18,19,20). The molecule has 2 N–H and O–H groups in total. The van der Waals surface area contributed by atoms with Gasteiger partial charge in [0.25, 0.3) is 0 Å². The van der Waals surface area contributed by atoms with Crippen molar-refractivity contribution in [1.82, 2.24) is 10.6 Å². The van der Waals surface area contributed by atoms with Gasteiger partial charge in [-0.25, -0.2) is 4.79 Å². The van der Waals surface area contributed by atoms with E-state index in [1.807, 2.05) is 51.1 Å². The summed E-state index contributed by atoms with van der Waals surface area (Å²) >= 11 is 0. The van der Waals surface area contributed by atoms with Crippen LogP contribution in [0.25, 0.3) is 0 Å². The summed E-state index contributed by atoms with van der Waals surface area (Å²) in [7, 11) is 0. The van der Waals surface area contributed by atoms with E-state index in [1.54, 1.807) is 0 Å². The zero-order valence-corrected chi connectivity index (χ0v) is 11.8. The average molecular weight is 274 g/mol. The van der Waals surface area contributed by atoms with Crippen LogP contribution in [0.5, 0.6) is 0 Å². The van der Waals surface area contributed by atoms with E-state index in [2.05, 4.69) is 10.6 Å². The van der Waals surface area contributed by atoms with Crippen molar-refractivity contribution in [3.8, 4) is 0 Å². The first-order valence-corrected chi connectivity index (χ1v) is 6.62. The van der Waals surface area contributed by atoms with E-state index in [0.717, 1.165) is 5.56 Å². The van der Waals surface area contributed by atoms with Crippen molar-refractivity contribution < 1.29 is 14.4 Å². The number of imide groups is 2. The van der Waals surface area contributed by atoms with Gasteiger partial charge in [0, 0.05) is 5.92 Å². The molecule has 4 amide bonds. The van der Waals surface area contributed by atoms with Crippen LogP contribution < -0.4 is 10.6 Å². The van der Waals surface area contributed by atoms with Gasteiger partial charge in [-0.15, -0.1) is 0 Å². The number of hydrogen-bond donors (Lipinski definition) is 2. The molecule has 1 saturated heterocycles. The third-order valence-corrected chi connectivity index (χ3v) is 4.10. The van der Waals surface area contributed by atoms with Crippen molar-refractivity contribution in [2.75, 3.05) is 0 Å². The van der Waals surface area contributed by atoms with Crippen LogP contribution in [-0.2, 0) is 9.59 Å². The molecule has 1 fully saturated rings. The van der Waals surface area contributed by atoms with Gasteiger partial charge in [-0.05, 0) is 11.5 Å². The SMILES string of the molecule is CC(C)C1(C(C)c2ccccc2)C(=O)NC(=O)NC1=O. The molecule has 0 aliphatic carbocycles. The highest BCUT2D eigenvalue weighted by atomic mass is 16.2. The second-order valence-electron chi connectivity index (χ2n) is 5.39. The quantitative estimate of drug-likeness (QED) is 0.825. The van der Waals surface area contributed by atoms with Crippen LogP contribution in [0.4, 0.5) is 4.79 Å². The van der Waals surface area contributed by atoms with E-state index < -0.39 is 23.3 Å². The molecule has 5 heteroatoms. The van der Waals surface area contributed by atoms with Crippen molar-refractivity contribution in [3.63, 3.8) is 0 Å². The lowest BCUT2D eigenvalue weighted by Crippen LogP contribution is -2.66. The maximum atomic E-state index is 12.4. The summed E-state index contributed by atoms with van der Waals surface area (Å²) in [5.74, 6) is -1.64. The van der Waals surface area contributed by atoms with Gasteiger partial charge >= 0.3 is 6.03 Å². The minimum Gasteiger partial charge on any atom is -0.277 e. The highest BCUT2D eigenvalue weighted by Crippen LogP contribution is 2.43. The molecule has 1 heterocycles. The van der Waals surface area contributed by atoms with Gasteiger partial charge in [-0.1, -0.05) is 51.1 Å². The number of urea groups is 1. The predicted octanol–water partition coefficient (Wildman–Crippen LogP) is 1.80. The molecular formula is C15H18N2O3. The number of carbonyl (C=O) groups excluding carboxylic acids is 3. The monoisotopic (exact) mass is 274 g/mol. The Kier molecular flexibility index (Phi) is 3.61. The number of barbiturate groups is 1. The minimum absolute atomic E-state index is 0.245. The van der Waals surface area contributed by atoms with Gasteiger partial charge in [0.2, 0.25) is 11.8 Å². The van der Waals surface area contributed by atoms with Crippen molar-refractivity contribution in [2.24, 2.45) is 11.3 Å². The molecule has 0 saturated carbocycles. The predicted molar refractivity (Wildman–Crippen MR) is 73.8 cm³/mol. The Bertz CT molecular complexity index is 531. The zero-order valence-electron chi connectivity index (χ0n) is 11.8. The molecule has 1 unspecified atom stereocenters. The van der Waals surface area contributed by atoms with Crippen LogP contribution >= 0.6 is 0 Å². The highest BCUT2D eigenvalue weighted by molar-refractivity contribution is 6.19. The maximum Gasteiger partial charge on any atom is 0.328 e. The van der Waals surface area contributed by atoms with Gasteiger partial charge in [-0.2, -0.15) is 0 Å². The van der Waals surface area contributed by atoms with Crippen molar-refractivity contribution in [3.05, 3.63) is 35.9 Å². The number of carbonyl (C=O) groups is 3. The molecule has 2 rings (SSSR count). The Balaban J connectivity index is 2.52. The summed E-state index contributed by atoms with van der Waals surface area (Å²) in [6, 6.07) is 8.62. The van der Waals surface area contributed by atoms with E-state index in [1.165, 1.54) is 0 Å². The number of hydrogen-bond acceptors (Lipinski definition) is 3. The first-order chi connectivity index (χ1) is 9.40. The van der Waals surface area contributed by atoms with Gasteiger partial charge in [-0.3, -0.25) is 20.2 Å². The Morgan fingerprint density at radius 3 is 1.85 bits per heavy atom. The van der Waals surface area contributed by atoms with Crippen molar-refractivity contribution >= 4 is 17.8 Å². The van der Waals surface area contributed by atoms with Crippen LogP contribution in [0, 0.1) is 11.3 Å². The van der Waals surface area contributed by atoms with E-state index >= 15 is 0 Å². The lowest BCUT2D eigenvalue weighted by molar-refractivity contribution is -0.149. The summed E-state index contributed by atoms with van der Waals surface area (Å²) in [5, 5.41) is 4.45. The second kappa shape index (κ2) is 5.07. The maximum absolute atomic E-state index is 12.4. The molecule has 1 atom stereocenters. The Morgan fingerprint density at radius 1 is 0.900 bits per heavy atom. The lowest BCUT2D eigenvalue weighted by Gasteiger charge is -2.41. The van der Waals surface area contributed by atoms with Crippen LogP contribution in [-0.4, -0.2) is 17.8 Å². The Hall–Kier alpha value is -2.17. The Morgan fingerprint density at radius 2 is 1.40 bits per heavy atom. The second-order valence-corrected chi connectivity index (χ2v) is 5.39. The van der Waals surface area contributed by atoms with Crippen LogP contribution in [0.2, 0.25) is 0 Å². The van der Waals surface area contributed by atoms with E-state index in [4.69, 9.17) is 0 Å². The summed E-state index contributed by atoms with van der Waals surface area (Å²) in [5.41, 5.74) is -0.393. The average Bonchev–Trinajstić information content (AvgIpc) is 2.38. The molecule has 1 aromatic rings. The first kappa shape index (κ1) is 14.2. The number of nitrogens with one attached hydrogen (secondary N) is 2. The topological polar surface area (TPSA) is 75.3 Å². The molecule has 5 nitrogen and oxygen atoms in total. The Labute approximate surface area is 117 Å². The normalized spacial score (nSPS) is 19.5. The molecule has 0 radical (unpaired) electrons. The highest BCUT2D eigenvalue weighted by Gasteiger charge is 2.56. The minimum atomic E-state index is -1.28. The fourth-order valence-corrected chi connectivity index (χ4v) is 2.97. The fraction of sp³-hybridized carbons (Fsp3) is 0.400. The summed E-state index contributed by atoms with van der Waals surface area (Å²) < 4.78 is 0.